The lowest BCUT2D eigenvalue weighted by Crippen LogP contribution is -2.21. The zero-order valence-electron chi connectivity index (χ0n) is 9.62. The summed E-state index contributed by atoms with van der Waals surface area (Å²) in [5.74, 6) is 0.448. The molecule has 0 radical (unpaired) electrons. The molecule has 16 heavy (non-hydrogen) atoms. The van der Waals surface area contributed by atoms with Crippen LogP contribution >= 0.6 is 11.6 Å². The van der Waals surface area contributed by atoms with Crippen molar-refractivity contribution in [2.24, 2.45) is 5.92 Å². The molecule has 1 aromatic carbocycles. The zero-order chi connectivity index (χ0) is 11.5. The summed E-state index contributed by atoms with van der Waals surface area (Å²) in [7, 11) is 0. The Hall–Kier alpha value is -0.570. The van der Waals surface area contributed by atoms with Crippen LogP contribution < -0.4 is 0 Å². The first-order valence-corrected chi connectivity index (χ1v) is 6.15. The molecule has 1 fully saturated rings. The Bertz CT molecular complexity index is 367. The van der Waals surface area contributed by atoms with Crippen LogP contribution in [0.4, 0.5) is 0 Å². The number of aliphatic hydroxyl groups excluding tert-OH is 1. The normalized spacial score (nSPS) is 21.6. The summed E-state index contributed by atoms with van der Waals surface area (Å²) in [6.07, 6.45) is 1.10. The summed E-state index contributed by atoms with van der Waals surface area (Å²) in [6, 6.07) is 6.21. The summed E-state index contributed by atoms with van der Waals surface area (Å²) in [6.45, 7) is 5.30. The van der Waals surface area contributed by atoms with E-state index in [1.165, 1.54) is 11.1 Å². The van der Waals surface area contributed by atoms with Gasteiger partial charge < -0.3 is 5.11 Å². The average molecular weight is 240 g/mol. The van der Waals surface area contributed by atoms with Crippen molar-refractivity contribution in [1.82, 2.24) is 4.90 Å². The Morgan fingerprint density at radius 3 is 2.94 bits per heavy atom. The number of aliphatic hydroxyl groups is 1. The number of rotatable bonds is 3. The molecular weight excluding hydrogens is 222 g/mol. The van der Waals surface area contributed by atoms with Gasteiger partial charge >= 0.3 is 0 Å². The van der Waals surface area contributed by atoms with E-state index in [1.807, 2.05) is 13.0 Å². The number of nitrogens with zero attached hydrogens (tertiary/aromatic N) is 1. The van der Waals surface area contributed by atoms with Gasteiger partial charge in [0.05, 0.1) is 0 Å². The summed E-state index contributed by atoms with van der Waals surface area (Å²) >= 11 is 6.20. The summed E-state index contributed by atoms with van der Waals surface area (Å²) in [5.41, 5.74) is 2.38. The predicted octanol–water partition coefficient (Wildman–Crippen LogP) is 2.46. The molecule has 2 rings (SSSR count). The SMILES string of the molecule is Cc1ccc(CN2CCC(CO)C2)c(Cl)c1. The molecule has 0 amide bonds. The van der Waals surface area contributed by atoms with Crippen LogP contribution in [0.2, 0.25) is 5.02 Å². The molecule has 2 nitrogen and oxygen atoms in total. The Kier molecular flexibility index (Phi) is 3.85. The Labute approximate surface area is 102 Å². The zero-order valence-corrected chi connectivity index (χ0v) is 10.4. The standard InChI is InChI=1S/C13H18ClNO/c1-10-2-3-12(13(14)6-10)8-15-5-4-11(7-15)9-16/h2-3,6,11,16H,4-5,7-9H2,1H3. The van der Waals surface area contributed by atoms with Gasteiger partial charge in [-0.05, 0) is 43.0 Å². The lowest BCUT2D eigenvalue weighted by molar-refractivity contribution is 0.220. The number of halogens is 1. The Morgan fingerprint density at radius 2 is 2.31 bits per heavy atom. The van der Waals surface area contributed by atoms with Crippen molar-refractivity contribution in [3.05, 3.63) is 34.3 Å². The molecule has 1 N–H and O–H groups in total. The highest BCUT2D eigenvalue weighted by atomic mass is 35.5. The van der Waals surface area contributed by atoms with Crippen molar-refractivity contribution in [2.45, 2.75) is 19.9 Å². The molecule has 1 heterocycles. The van der Waals surface area contributed by atoms with E-state index < -0.39 is 0 Å². The summed E-state index contributed by atoms with van der Waals surface area (Å²) < 4.78 is 0. The first-order valence-electron chi connectivity index (χ1n) is 5.77. The third-order valence-corrected chi connectivity index (χ3v) is 3.58. The van der Waals surface area contributed by atoms with Crippen LogP contribution in [-0.2, 0) is 6.54 Å². The second-order valence-corrected chi connectivity index (χ2v) is 5.07. The van der Waals surface area contributed by atoms with Gasteiger partial charge in [0.25, 0.3) is 0 Å². The summed E-state index contributed by atoms with van der Waals surface area (Å²) in [5, 5.41) is 9.94. The second-order valence-electron chi connectivity index (χ2n) is 4.67. The molecule has 88 valence electrons. The van der Waals surface area contributed by atoms with Crippen LogP contribution in [-0.4, -0.2) is 29.7 Å². The Morgan fingerprint density at radius 1 is 1.50 bits per heavy atom. The highest BCUT2D eigenvalue weighted by molar-refractivity contribution is 6.31. The third kappa shape index (κ3) is 2.76. The van der Waals surface area contributed by atoms with Gasteiger partial charge in [0.15, 0.2) is 0 Å². The molecule has 1 atom stereocenters. The Balaban J connectivity index is 1.99. The average Bonchev–Trinajstić information content (AvgIpc) is 2.70. The maximum Gasteiger partial charge on any atom is 0.0471 e. The van der Waals surface area contributed by atoms with Crippen LogP contribution in [0.1, 0.15) is 17.5 Å². The van der Waals surface area contributed by atoms with Crippen LogP contribution in [0.3, 0.4) is 0 Å². The monoisotopic (exact) mass is 239 g/mol. The molecule has 0 bridgehead atoms. The van der Waals surface area contributed by atoms with Gasteiger partial charge in [-0.2, -0.15) is 0 Å². The fourth-order valence-electron chi connectivity index (χ4n) is 2.23. The van der Waals surface area contributed by atoms with Gasteiger partial charge in [0, 0.05) is 24.7 Å². The largest absolute Gasteiger partial charge is 0.396 e. The van der Waals surface area contributed by atoms with E-state index in [-0.39, 0.29) is 0 Å². The molecule has 1 aliphatic rings. The molecule has 1 aliphatic heterocycles. The van der Waals surface area contributed by atoms with E-state index in [4.69, 9.17) is 16.7 Å². The van der Waals surface area contributed by atoms with Crippen LogP contribution in [0, 0.1) is 12.8 Å². The van der Waals surface area contributed by atoms with Gasteiger partial charge in [-0.1, -0.05) is 23.7 Å². The van der Waals surface area contributed by atoms with Gasteiger partial charge in [-0.25, -0.2) is 0 Å². The molecule has 3 heteroatoms. The molecule has 0 aromatic heterocycles. The van der Waals surface area contributed by atoms with E-state index in [0.29, 0.717) is 12.5 Å². The molecule has 1 unspecified atom stereocenters. The van der Waals surface area contributed by atoms with Crippen LogP contribution in [0.25, 0.3) is 0 Å². The maximum absolute atomic E-state index is 9.09. The van der Waals surface area contributed by atoms with Crippen LogP contribution in [0.15, 0.2) is 18.2 Å². The minimum atomic E-state index is 0.304. The third-order valence-electron chi connectivity index (χ3n) is 3.23. The van der Waals surface area contributed by atoms with Crippen molar-refractivity contribution >= 4 is 11.6 Å². The van der Waals surface area contributed by atoms with Crippen LogP contribution in [0.5, 0.6) is 0 Å². The number of benzene rings is 1. The van der Waals surface area contributed by atoms with Crippen molar-refractivity contribution in [2.75, 3.05) is 19.7 Å². The lowest BCUT2D eigenvalue weighted by Gasteiger charge is -2.16. The first-order chi connectivity index (χ1) is 7.69. The maximum atomic E-state index is 9.09. The van der Waals surface area contributed by atoms with E-state index in [2.05, 4.69) is 17.0 Å². The lowest BCUT2D eigenvalue weighted by atomic mass is 10.1. The van der Waals surface area contributed by atoms with Crippen molar-refractivity contribution < 1.29 is 5.11 Å². The summed E-state index contributed by atoms with van der Waals surface area (Å²) in [4.78, 5) is 2.36. The number of hydrogen-bond donors (Lipinski definition) is 1. The molecular formula is C13H18ClNO. The van der Waals surface area contributed by atoms with Gasteiger partial charge in [-0.15, -0.1) is 0 Å². The van der Waals surface area contributed by atoms with E-state index in [0.717, 1.165) is 31.1 Å². The molecule has 0 spiro atoms. The highest BCUT2D eigenvalue weighted by Crippen LogP contribution is 2.23. The molecule has 0 saturated carbocycles. The smallest absolute Gasteiger partial charge is 0.0471 e. The minimum absolute atomic E-state index is 0.304. The van der Waals surface area contributed by atoms with E-state index in [1.54, 1.807) is 0 Å². The topological polar surface area (TPSA) is 23.5 Å². The molecule has 0 aliphatic carbocycles. The number of hydrogen-bond acceptors (Lipinski definition) is 2. The number of likely N-dealkylation sites (tertiary alicyclic amines) is 1. The first kappa shape index (κ1) is 11.9. The second kappa shape index (κ2) is 5.17. The number of aryl methyl sites for hydroxylation is 1. The van der Waals surface area contributed by atoms with Crippen molar-refractivity contribution in [3.8, 4) is 0 Å². The van der Waals surface area contributed by atoms with Crippen molar-refractivity contribution in [1.29, 1.82) is 0 Å². The van der Waals surface area contributed by atoms with Crippen molar-refractivity contribution in [3.63, 3.8) is 0 Å². The van der Waals surface area contributed by atoms with Gasteiger partial charge in [0.1, 0.15) is 0 Å². The quantitative estimate of drug-likeness (QED) is 0.876. The predicted molar refractivity (Wildman–Crippen MR) is 66.7 cm³/mol. The van der Waals surface area contributed by atoms with Gasteiger partial charge in [0.2, 0.25) is 0 Å². The fraction of sp³-hybridized carbons (Fsp3) is 0.538. The van der Waals surface area contributed by atoms with E-state index in [9.17, 15) is 0 Å². The van der Waals surface area contributed by atoms with E-state index >= 15 is 0 Å². The highest BCUT2D eigenvalue weighted by Gasteiger charge is 2.21. The van der Waals surface area contributed by atoms with Gasteiger partial charge in [-0.3, -0.25) is 4.90 Å². The molecule has 1 aromatic rings. The minimum Gasteiger partial charge on any atom is -0.396 e. The fourth-order valence-corrected chi connectivity index (χ4v) is 2.52. The molecule has 1 saturated heterocycles.